The van der Waals surface area contributed by atoms with E-state index in [9.17, 15) is 0 Å². The summed E-state index contributed by atoms with van der Waals surface area (Å²) >= 11 is 3.62. The lowest BCUT2D eigenvalue weighted by atomic mass is 10.2. The number of halogens is 1. The third-order valence-electron chi connectivity index (χ3n) is 3.04. The van der Waals surface area contributed by atoms with E-state index in [0.717, 1.165) is 34.8 Å². The molecular formula is C15H18BrN3. The molecule has 0 aliphatic heterocycles. The van der Waals surface area contributed by atoms with Crippen molar-refractivity contribution in [2.24, 2.45) is 0 Å². The van der Waals surface area contributed by atoms with Crippen molar-refractivity contribution in [3.8, 4) is 0 Å². The largest absolute Gasteiger partial charge is 0.350 e. The Balaban J connectivity index is 2.28. The summed E-state index contributed by atoms with van der Waals surface area (Å²) < 4.78 is 1.06. The van der Waals surface area contributed by atoms with Crippen molar-refractivity contribution in [1.82, 2.24) is 9.97 Å². The predicted octanol–water partition coefficient (Wildman–Crippen LogP) is 3.88. The maximum atomic E-state index is 4.55. The van der Waals surface area contributed by atoms with E-state index in [2.05, 4.69) is 50.7 Å². The van der Waals surface area contributed by atoms with Crippen molar-refractivity contribution in [3.63, 3.8) is 0 Å². The number of hydrogen-bond acceptors (Lipinski definition) is 3. The smallest absolute Gasteiger partial charge is 0.143 e. The molecule has 0 radical (unpaired) electrons. The van der Waals surface area contributed by atoms with E-state index in [4.69, 9.17) is 0 Å². The number of rotatable bonds is 4. The fourth-order valence-corrected chi connectivity index (χ4v) is 2.45. The summed E-state index contributed by atoms with van der Waals surface area (Å²) in [4.78, 5) is 11.3. The van der Waals surface area contributed by atoms with Gasteiger partial charge in [0.2, 0.25) is 0 Å². The van der Waals surface area contributed by atoms with Crippen LogP contribution in [0.5, 0.6) is 0 Å². The van der Waals surface area contributed by atoms with E-state index in [0.29, 0.717) is 0 Å². The molecule has 0 unspecified atom stereocenters. The molecule has 2 rings (SSSR count). The van der Waals surface area contributed by atoms with Crippen LogP contribution in [0.2, 0.25) is 0 Å². The molecule has 0 spiro atoms. The van der Waals surface area contributed by atoms with Crippen LogP contribution in [0.15, 0.2) is 34.9 Å². The van der Waals surface area contributed by atoms with Gasteiger partial charge in [0.15, 0.2) is 0 Å². The molecule has 0 saturated carbocycles. The number of nitrogens with zero attached hydrogens (tertiary/aromatic N) is 3. The summed E-state index contributed by atoms with van der Waals surface area (Å²) in [5.41, 5.74) is 3.31. The molecule has 0 saturated heterocycles. The lowest BCUT2D eigenvalue weighted by Crippen LogP contribution is -2.24. The van der Waals surface area contributed by atoms with E-state index in [1.807, 2.05) is 31.3 Å². The first-order valence-electron chi connectivity index (χ1n) is 6.40. The lowest BCUT2D eigenvalue weighted by molar-refractivity contribution is 0.787. The van der Waals surface area contributed by atoms with E-state index >= 15 is 0 Å². The third-order valence-corrected chi connectivity index (χ3v) is 4.02. The second kappa shape index (κ2) is 6.15. The Kier molecular flexibility index (Phi) is 4.53. The van der Waals surface area contributed by atoms with Gasteiger partial charge in [0, 0.05) is 18.4 Å². The van der Waals surface area contributed by atoms with Gasteiger partial charge in [-0.15, -0.1) is 0 Å². The standard InChI is InChI=1S/C15H18BrN3/c1-4-19(10-13-7-5-6-12(3)18-13)15-14(16)11(2)8-9-17-15/h5-9H,4,10H2,1-3H3. The van der Waals surface area contributed by atoms with Gasteiger partial charge in [0.05, 0.1) is 16.7 Å². The van der Waals surface area contributed by atoms with Crippen LogP contribution in [-0.4, -0.2) is 16.5 Å². The molecule has 0 aliphatic carbocycles. The summed E-state index contributed by atoms with van der Waals surface area (Å²) in [6, 6.07) is 8.12. The van der Waals surface area contributed by atoms with Crippen LogP contribution >= 0.6 is 15.9 Å². The third kappa shape index (κ3) is 3.32. The fraction of sp³-hybridized carbons (Fsp3) is 0.333. The first-order valence-corrected chi connectivity index (χ1v) is 7.19. The highest BCUT2D eigenvalue weighted by Crippen LogP contribution is 2.27. The van der Waals surface area contributed by atoms with Gasteiger partial charge >= 0.3 is 0 Å². The van der Waals surface area contributed by atoms with Gasteiger partial charge in [0.1, 0.15) is 5.82 Å². The molecule has 0 aromatic carbocycles. The van der Waals surface area contributed by atoms with Gasteiger partial charge in [-0.05, 0) is 60.5 Å². The zero-order chi connectivity index (χ0) is 13.8. The topological polar surface area (TPSA) is 29.0 Å². The maximum Gasteiger partial charge on any atom is 0.143 e. The van der Waals surface area contributed by atoms with Crippen molar-refractivity contribution in [1.29, 1.82) is 0 Å². The monoisotopic (exact) mass is 319 g/mol. The summed E-state index contributed by atoms with van der Waals surface area (Å²) in [5.74, 6) is 0.978. The van der Waals surface area contributed by atoms with Crippen LogP contribution in [0.3, 0.4) is 0 Å². The molecule has 2 aromatic heterocycles. The quantitative estimate of drug-likeness (QED) is 0.856. The lowest BCUT2D eigenvalue weighted by Gasteiger charge is -2.23. The van der Waals surface area contributed by atoms with Crippen LogP contribution in [0.1, 0.15) is 23.9 Å². The Hall–Kier alpha value is -1.42. The molecule has 0 fully saturated rings. The summed E-state index contributed by atoms with van der Waals surface area (Å²) in [6.07, 6.45) is 1.85. The molecule has 0 amide bonds. The van der Waals surface area contributed by atoms with Crippen LogP contribution < -0.4 is 4.90 Å². The van der Waals surface area contributed by atoms with E-state index in [1.54, 1.807) is 0 Å². The second-order valence-electron chi connectivity index (χ2n) is 4.55. The Labute approximate surface area is 122 Å². The highest BCUT2D eigenvalue weighted by molar-refractivity contribution is 9.10. The van der Waals surface area contributed by atoms with Crippen molar-refractivity contribution in [2.75, 3.05) is 11.4 Å². The van der Waals surface area contributed by atoms with Crippen molar-refractivity contribution in [3.05, 3.63) is 51.9 Å². The zero-order valence-corrected chi connectivity index (χ0v) is 13.1. The van der Waals surface area contributed by atoms with Gasteiger partial charge in [-0.1, -0.05) is 6.07 Å². The van der Waals surface area contributed by atoms with Gasteiger partial charge in [-0.25, -0.2) is 4.98 Å². The minimum absolute atomic E-state index is 0.771. The molecule has 100 valence electrons. The van der Waals surface area contributed by atoms with Crippen LogP contribution in [0.4, 0.5) is 5.82 Å². The first-order chi connectivity index (χ1) is 9.11. The zero-order valence-electron chi connectivity index (χ0n) is 11.5. The molecule has 19 heavy (non-hydrogen) atoms. The predicted molar refractivity (Wildman–Crippen MR) is 82.4 cm³/mol. The van der Waals surface area contributed by atoms with Crippen molar-refractivity contribution in [2.45, 2.75) is 27.3 Å². The maximum absolute atomic E-state index is 4.55. The SMILES string of the molecule is CCN(Cc1cccc(C)n1)c1nccc(C)c1Br. The highest BCUT2D eigenvalue weighted by Gasteiger charge is 2.12. The normalized spacial score (nSPS) is 10.5. The summed E-state index contributed by atoms with van der Waals surface area (Å²) in [6.45, 7) is 7.89. The Morgan fingerprint density at radius 2 is 2.00 bits per heavy atom. The fourth-order valence-electron chi connectivity index (χ4n) is 1.97. The van der Waals surface area contributed by atoms with Crippen molar-refractivity contribution >= 4 is 21.7 Å². The summed E-state index contributed by atoms with van der Waals surface area (Å²) in [5, 5.41) is 0. The molecule has 0 N–H and O–H groups in total. The Morgan fingerprint density at radius 1 is 1.21 bits per heavy atom. The van der Waals surface area contributed by atoms with Gasteiger partial charge in [0.25, 0.3) is 0 Å². The van der Waals surface area contributed by atoms with E-state index in [-0.39, 0.29) is 0 Å². The molecule has 0 atom stereocenters. The molecule has 4 heteroatoms. The van der Waals surface area contributed by atoms with Gasteiger partial charge in [-0.2, -0.15) is 0 Å². The highest BCUT2D eigenvalue weighted by atomic mass is 79.9. The average molecular weight is 320 g/mol. The molecule has 0 aliphatic rings. The average Bonchev–Trinajstić information content (AvgIpc) is 2.40. The second-order valence-corrected chi connectivity index (χ2v) is 5.34. The minimum Gasteiger partial charge on any atom is -0.350 e. The molecular weight excluding hydrogens is 302 g/mol. The number of aryl methyl sites for hydroxylation is 2. The molecule has 3 nitrogen and oxygen atoms in total. The molecule has 0 bridgehead atoms. The number of hydrogen-bond donors (Lipinski definition) is 0. The van der Waals surface area contributed by atoms with E-state index < -0.39 is 0 Å². The number of aromatic nitrogens is 2. The van der Waals surface area contributed by atoms with Crippen molar-refractivity contribution < 1.29 is 0 Å². The Bertz CT molecular complexity index is 569. The minimum atomic E-state index is 0.771. The van der Waals surface area contributed by atoms with Crippen LogP contribution in [0, 0.1) is 13.8 Å². The van der Waals surface area contributed by atoms with Gasteiger partial charge < -0.3 is 4.90 Å². The summed E-state index contributed by atoms with van der Waals surface area (Å²) in [7, 11) is 0. The van der Waals surface area contributed by atoms with Crippen LogP contribution in [-0.2, 0) is 6.54 Å². The van der Waals surface area contributed by atoms with E-state index in [1.165, 1.54) is 5.56 Å². The van der Waals surface area contributed by atoms with Gasteiger partial charge in [-0.3, -0.25) is 4.98 Å². The molecule has 2 heterocycles. The van der Waals surface area contributed by atoms with Crippen LogP contribution in [0.25, 0.3) is 0 Å². The number of anilines is 1. The number of pyridine rings is 2. The first kappa shape index (κ1) is 14.0. The molecule has 2 aromatic rings. The Morgan fingerprint density at radius 3 is 2.68 bits per heavy atom.